The zero-order chi connectivity index (χ0) is 15.2. The second-order valence-corrected chi connectivity index (χ2v) is 6.13. The Balaban J connectivity index is 1.35. The highest BCUT2D eigenvalue weighted by molar-refractivity contribution is 5.09. The topological polar surface area (TPSA) is 44.1 Å². The molecule has 5 heteroatoms. The molecule has 124 valence electrons. The van der Waals surface area contributed by atoms with E-state index in [1.165, 1.54) is 12.8 Å². The smallest absolute Gasteiger partial charge is 0.157 e. The third-order valence-electron chi connectivity index (χ3n) is 4.29. The molecule has 0 N–H and O–H groups in total. The number of furan rings is 1. The molecule has 3 heterocycles. The van der Waals surface area contributed by atoms with Gasteiger partial charge in [-0.3, -0.25) is 4.90 Å². The summed E-state index contributed by atoms with van der Waals surface area (Å²) in [5.41, 5.74) is 0. The van der Waals surface area contributed by atoms with Gasteiger partial charge in [0.25, 0.3) is 0 Å². The van der Waals surface area contributed by atoms with E-state index in [1.807, 2.05) is 19.1 Å². The summed E-state index contributed by atoms with van der Waals surface area (Å²) in [6.07, 6.45) is 4.54. The number of hydrogen-bond acceptors (Lipinski definition) is 5. The lowest BCUT2D eigenvalue weighted by molar-refractivity contribution is -0.163. The van der Waals surface area contributed by atoms with Crippen LogP contribution >= 0.6 is 0 Å². The van der Waals surface area contributed by atoms with Gasteiger partial charge in [0, 0.05) is 26.2 Å². The van der Waals surface area contributed by atoms with Gasteiger partial charge in [-0.1, -0.05) is 0 Å². The minimum atomic E-state index is 0.0253. The standard InChI is InChI=1S/C17H27NO4/c1-14-6-7-15(22-14)16-13-18(9-12-19-16)8-4-11-21-17-5-2-3-10-20-17/h6-7,16-17H,2-5,8-13H2,1H3/t16-,17+/m0/s1. The maximum absolute atomic E-state index is 5.82. The van der Waals surface area contributed by atoms with Crippen LogP contribution in [0, 0.1) is 6.92 Å². The first-order valence-corrected chi connectivity index (χ1v) is 8.45. The van der Waals surface area contributed by atoms with E-state index >= 15 is 0 Å². The number of aryl methyl sites for hydroxylation is 1. The van der Waals surface area contributed by atoms with Crippen molar-refractivity contribution >= 4 is 0 Å². The normalized spacial score (nSPS) is 27.1. The predicted molar refractivity (Wildman–Crippen MR) is 82.7 cm³/mol. The van der Waals surface area contributed by atoms with E-state index in [1.54, 1.807) is 0 Å². The number of ether oxygens (including phenoxy) is 3. The Hall–Kier alpha value is -0.880. The Bertz CT molecular complexity index is 442. The van der Waals surface area contributed by atoms with Crippen molar-refractivity contribution in [2.24, 2.45) is 0 Å². The Labute approximate surface area is 132 Å². The average molecular weight is 309 g/mol. The van der Waals surface area contributed by atoms with Crippen LogP contribution < -0.4 is 0 Å². The fourth-order valence-corrected chi connectivity index (χ4v) is 3.05. The van der Waals surface area contributed by atoms with Crippen LogP contribution in [0.3, 0.4) is 0 Å². The molecule has 1 aromatic heterocycles. The molecule has 0 amide bonds. The minimum Gasteiger partial charge on any atom is -0.464 e. The van der Waals surface area contributed by atoms with Gasteiger partial charge in [-0.25, -0.2) is 0 Å². The van der Waals surface area contributed by atoms with E-state index in [-0.39, 0.29) is 12.4 Å². The van der Waals surface area contributed by atoms with Crippen LogP contribution in [0.1, 0.15) is 43.3 Å². The van der Waals surface area contributed by atoms with Crippen molar-refractivity contribution in [3.63, 3.8) is 0 Å². The van der Waals surface area contributed by atoms with Gasteiger partial charge in [0.05, 0.1) is 13.2 Å². The van der Waals surface area contributed by atoms with E-state index in [2.05, 4.69) is 4.90 Å². The molecule has 2 saturated heterocycles. The van der Waals surface area contributed by atoms with Crippen LogP contribution in [0.15, 0.2) is 16.5 Å². The minimum absolute atomic E-state index is 0.0253. The van der Waals surface area contributed by atoms with Crippen LogP contribution in [0.5, 0.6) is 0 Å². The first-order chi connectivity index (χ1) is 10.8. The van der Waals surface area contributed by atoms with Gasteiger partial charge >= 0.3 is 0 Å². The van der Waals surface area contributed by atoms with Crippen LogP contribution in [0.4, 0.5) is 0 Å². The van der Waals surface area contributed by atoms with Crippen molar-refractivity contribution in [2.45, 2.75) is 45.0 Å². The third kappa shape index (κ3) is 4.56. The Morgan fingerprint density at radius 2 is 2.18 bits per heavy atom. The van der Waals surface area contributed by atoms with Crippen LogP contribution in [0.25, 0.3) is 0 Å². The highest BCUT2D eigenvalue weighted by atomic mass is 16.7. The van der Waals surface area contributed by atoms with Gasteiger partial charge in [-0.05, 0) is 44.7 Å². The lowest BCUT2D eigenvalue weighted by Crippen LogP contribution is -2.39. The quantitative estimate of drug-likeness (QED) is 0.756. The summed E-state index contributed by atoms with van der Waals surface area (Å²) in [5, 5.41) is 0. The summed E-state index contributed by atoms with van der Waals surface area (Å²) in [5.74, 6) is 1.88. The number of nitrogens with zero attached hydrogens (tertiary/aromatic N) is 1. The van der Waals surface area contributed by atoms with Crippen molar-refractivity contribution in [3.05, 3.63) is 23.7 Å². The maximum Gasteiger partial charge on any atom is 0.157 e. The largest absolute Gasteiger partial charge is 0.464 e. The SMILES string of the molecule is Cc1ccc([C@@H]2CN(CCCO[C@@H]3CCCCO3)CCO2)o1. The first kappa shape index (κ1) is 16.0. The zero-order valence-electron chi connectivity index (χ0n) is 13.5. The fraction of sp³-hybridized carbons (Fsp3) is 0.765. The Morgan fingerprint density at radius 3 is 2.95 bits per heavy atom. The summed E-state index contributed by atoms with van der Waals surface area (Å²) in [4.78, 5) is 2.43. The van der Waals surface area contributed by atoms with Gasteiger partial charge in [0.1, 0.15) is 17.6 Å². The first-order valence-electron chi connectivity index (χ1n) is 8.45. The summed E-state index contributed by atoms with van der Waals surface area (Å²) in [6, 6.07) is 4.02. The monoisotopic (exact) mass is 309 g/mol. The molecule has 0 unspecified atom stereocenters. The van der Waals surface area contributed by atoms with Crippen LogP contribution in [-0.2, 0) is 14.2 Å². The molecular formula is C17H27NO4. The molecule has 2 aliphatic rings. The molecular weight excluding hydrogens is 282 g/mol. The van der Waals surface area contributed by atoms with Gasteiger partial charge in [0.2, 0.25) is 0 Å². The summed E-state index contributed by atoms with van der Waals surface area (Å²) in [7, 11) is 0. The van der Waals surface area contributed by atoms with Crippen molar-refractivity contribution in [1.82, 2.24) is 4.90 Å². The molecule has 3 rings (SSSR count). The molecule has 1 aromatic rings. The molecule has 5 nitrogen and oxygen atoms in total. The molecule has 0 radical (unpaired) electrons. The van der Waals surface area contributed by atoms with Gasteiger partial charge in [-0.15, -0.1) is 0 Å². The van der Waals surface area contributed by atoms with Gasteiger partial charge < -0.3 is 18.6 Å². The average Bonchev–Trinajstić information content (AvgIpc) is 3.00. The molecule has 2 aliphatic heterocycles. The van der Waals surface area contributed by atoms with E-state index in [9.17, 15) is 0 Å². The zero-order valence-corrected chi connectivity index (χ0v) is 13.5. The van der Waals surface area contributed by atoms with E-state index in [0.717, 1.165) is 63.8 Å². The molecule has 0 aromatic carbocycles. The molecule has 0 spiro atoms. The fourth-order valence-electron chi connectivity index (χ4n) is 3.05. The van der Waals surface area contributed by atoms with Crippen molar-refractivity contribution in [2.75, 3.05) is 39.5 Å². The second kappa shape index (κ2) is 8.11. The van der Waals surface area contributed by atoms with Gasteiger partial charge in [-0.2, -0.15) is 0 Å². The second-order valence-electron chi connectivity index (χ2n) is 6.13. The highest BCUT2D eigenvalue weighted by Gasteiger charge is 2.24. The van der Waals surface area contributed by atoms with Gasteiger partial charge in [0.15, 0.2) is 6.29 Å². The number of morpholine rings is 1. The molecule has 2 fully saturated rings. The predicted octanol–water partition coefficient (Wildman–Crippen LogP) is 2.89. The van der Waals surface area contributed by atoms with Crippen molar-refractivity contribution < 1.29 is 18.6 Å². The Morgan fingerprint density at radius 1 is 1.23 bits per heavy atom. The molecule has 2 atom stereocenters. The van der Waals surface area contributed by atoms with E-state index < -0.39 is 0 Å². The summed E-state index contributed by atoms with van der Waals surface area (Å²) < 4.78 is 22.9. The van der Waals surface area contributed by atoms with Crippen molar-refractivity contribution in [3.8, 4) is 0 Å². The van der Waals surface area contributed by atoms with Crippen LogP contribution in [-0.4, -0.2) is 50.6 Å². The lowest BCUT2D eigenvalue weighted by atomic mass is 10.2. The summed E-state index contributed by atoms with van der Waals surface area (Å²) in [6.45, 7) is 7.26. The maximum atomic E-state index is 5.82. The van der Waals surface area contributed by atoms with E-state index in [4.69, 9.17) is 18.6 Å². The molecule has 0 bridgehead atoms. The number of hydrogen-bond donors (Lipinski definition) is 0. The van der Waals surface area contributed by atoms with Crippen molar-refractivity contribution in [1.29, 1.82) is 0 Å². The molecule has 0 saturated carbocycles. The van der Waals surface area contributed by atoms with E-state index in [0.29, 0.717) is 0 Å². The molecule has 22 heavy (non-hydrogen) atoms. The highest BCUT2D eigenvalue weighted by Crippen LogP contribution is 2.24. The number of rotatable bonds is 6. The van der Waals surface area contributed by atoms with Crippen LogP contribution in [0.2, 0.25) is 0 Å². The summed E-state index contributed by atoms with van der Waals surface area (Å²) >= 11 is 0. The molecule has 0 aliphatic carbocycles. The third-order valence-corrected chi connectivity index (χ3v) is 4.29. The lowest BCUT2D eigenvalue weighted by Gasteiger charge is -2.32. The Kier molecular flexibility index (Phi) is 5.89.